The van der Waals surface area contributed by atoms with Crippen molar-refractivity contribution in [2.24, 2.45) is 0 Å². The van der Waals surface area contributed by atoms with E-state index in [1.165, 1.54) is 5.56 Å². The van der Waals surface area contributed by atoms with Crippen LogP contribution in [0.1, 0.15) is 45.6 Å². The summed E-state index contributed by atoms with van der Waals surface area (Å²) in [5.41, 5.74) is 1.45. The summed E-state index contributed by atoms with van der Waals surface area (Å²) in [6, 6.07) is 10.8. The third-order valence-electron chi connectivity index (χ3n) is 4.12. The average molecular weight is 247 g/mol. The summed E-state index contributed by atoms with van der Waals surface area (Å²) in [6.07, 6.45) is 0.640. The largest absolute Gasteiger partial charge is 0.391 e. The lowest BCUT2D eigenvalue weighted by Gasteiger charge is -2.48. The average Bonchev–Trinajstić information content (AvgIpc) is 2.32. The molecule has 1 heterocycles. The summed E-state index contributed by atoms with van der Waals surface area (Å²) >= 11 is 0. The van der Waals surface area contributed by atoms with Crippen molar-refractivity contribution < 1.29 is 5.11 Å². The maximum absolute atomic E-state index is 10.3. The molecule has 0 radical (unpaired) electrons. The summed E-state index contributed by atoms with van der Waals surface area (Å²) < 4.78 is 0. The number of hydrogen-bond donors (Lipinski definition) is 1. The molecule has 0 aromatic heterocycles. The standard InChI is InChI=1S/C16H25NO/c1-12-15(18)10-14(11-17(12)16(2,3)4)13-8-6-5-7-9-13/h5-9,12,14-15,18H,10-11H2,1-4H3/t12-,14-,15+/m1/s1. The fourth-order valence-corrected chi connectivity index (χ4v) is 3.03. The maximum Gasteiger partial charge on any atom is 0.0699 e. The molecular weight excluding hydrogens is 222 g/mol. The number of aliphatic hydroxyl groups is 1. The molecule has 1 aromatic rings. The Kier molecular flexibility index (Phi) is 3.79. The number of rotatable bonds is 1. The lowest BCUT2D eigenvalue weighted by Crippen LogP contribution is -2.56. The molecule has 1 N–H and O–H groups in total. The minimum absolute atomic E-state index is 0.105. The van der Waals surface area contributed by atoms with Crippen molar-refractivity contribution in [3.8, 4) is 0 Å². The van der Waals surface area contributed by atoms with Crippen molar-refractivity contribution in [3.05, 3.63) is 35.9 Å². The van der Waals surface area contributed by atoms with E-state index in [4.69, 9.17) is 0 Å². The number of piperidine rings is 1. The van der Waals surface area contributed by atoms with E-state index in [0.717, 1.165) is 13.0 Å². The Morgan fingerprint density at radius 2 is 1.78 bits per heavy atom. The zero-order valence-corrected chi connectivity index (χ0v) is 11.9. The molecule has 1 saturated heterocycles. The molecule has 1 aromatic carbocycles. The molecule has 3 atom stereocenters. The molecule has 0 bridgehead atoms. The van der Waals surface area contributed by atoms with Crippen LogP contribution in [-0.4, -0.2) is 34.2 Å². The number of likely N-dealkylation sites (tertiary alicyclic amines) is 1. The van der Waals surface area contributed by atoms with E-state index in [0.29, 0.717) is 5.92 Å². The number of benzene rings is 1. The fourth-order valence-electron chi connectivity index (χ4n) is 3.03. The number of hydrogen-bond acceptors (Lipinski definition) is 2. The molecule has 2 nitrogen and oxygen atoms in total. The molecule has 2 heteroatoms. The predicted octanol–water partition coefficient (Wildman–Crippen LogP) is 3.02. The minimum atomic E-state index is -0.233. The van der Waals surface area contributed by atoms with Gasteiger partial charge in [0.05, 0.1) is 6.10 Å². The normalized spacial score (nSPS) is 30.4. The van der Waals surface area contributed by atoms with Gasteiger partial charge in [-0.2, -0.15) is 0 Å². The van der Waals surface area contributed by atoms with Gasteiger partial charge in [-0.1, -0.05) is 30.3 Å². The van der Waals surface area contributed by atoms with Crippen molar-refractivity contribution >= 4 is 0 Å². The second-order valence-electron chi connectivity index (χ2n) is 6.47. The first-order valence-electron chi connectivity index (χ1n) is 6.89. The maximum atomic E-state index is 10.3. The quantitative estimate of drug-likeness (QED) is 0.824. The van der Waals surface area contributed by atoms with Crippen LogP contribution < -0.4 is 0 Å². The van der Waals surface area contributed by atoms with Crippen LogP contribution in [0.2, 0.25) is 0 Å². The summed E-state index contributed by atoms with van der Waals surface area (Å²) in [5, 5.41) is 10.3. The van der Waals surface area contributed by atoms with E-state index in [-0.39, 0.29) is 17.7 Å². The van der Waals surface area contributed by atoms with Gasteiger partial charge in [-0.3, -0.25) is 4.90 Å². The zero-order valence-electron chi connectivity index (χ0n) is 11.9. The topological polar surface area (TPSA) is 23.5 Å². The SMILES string of the molecule is C[C@@H]1[C@@H](O)C[C@@H](c2ccccc2)CN1C(C)(C)C. The van der Waals surface area contributed by atoms with Gasteiger partial charge in [0.1, 0.15) is 0 Å². The Balaban J connectivity index is 2.21. The van der Waals surface area contributed by atoms with Gasteiger partial charge in [-0.05, 0) is 45.6 Å². The number of nitrogens with zero attached hydrogens (tertiary/aromatic N) is 1. The van der Waals surface area contributed by atoms with Gasteiger partial charge in [0.15, 0.2) is 0 Å². The highest BCUT2D eigenvalue weighted by Gasteiger charge is 2.37. The van der Waals surface area contributed by atoms with Crippen LogP contribution in [0.15, 0.2) is 30.3 Å². The Hall–Kier alpha value is -0.860. The van der Waals surface area contributed by atoms with E-state index in [1.807, 2.05) is 6.07 Å². The van der Waals surface area contributed by atoms with Crippen molar-refractivity contribution in [2.75, 3.05) is 6.54 Å². The van der Waals surface area contributed by atoms with Crippen molar-refractivity contribution in [1.82, 2.24) is 4.90 Å². The molecule has 0 saturated carbocycles. The van der Waals surface area contributed by atoms with E-state index < -0.39 is 0 Å². The Morgan fingerprint density at radius 3 is 2.33 bits per heavy atom. The van der Waals surface area contributed by atoms with E-state index in [2.05, 4.69) is 56.9 Å². The molecule has 18 heavy (non-hydrogen) atoms. The van der Waals surface area contributed by atoms with Crippen LogP contribution in [0.4, 0.5) is 0 Å². The highest BCUT2D eigenvalue weighted by atomic mass is 16.3. The third-order valence-corrected chi connectivity index (χ3v) is 4.12. The minimum Gasteiger partial charge on any atom is -0.391 e. The molecule has 0 unspecified atom stereocenters. The lowest BCUT2D eigenvalue weighted by atomic mass is 9.83. The molecule has 0 aliphatic carbocycles. The lowest BCUT2D eigenvalue weighted by molar-refractivity contribution is -0.0350. The monoisotopic (exact) mass is 247 g/mol. The predicted molar refractivity (Wildman–Crippen MR) is 75.7 cm³/mol. The van der Waals surface area contributed by atoms with Gasteiger partial charge in [0, 0.05) is 18.1 Å². The molecule has 1 aliphatic heterocycles. The second-order valence-corrected chi connectivity index (χ2v) is 6.47. The fraction of sp³-hybridized carbons (Fsp3) is 0.625. The summed E-state index contributed by atoms with van der Waals surface area (Å²) in [7, 11) is 0. The van der Waals surface area contributed by atoms with Gasteiger partial charge < -0.3 is 5.11 Å². The summed E-state index contributed by atoms with van der Waals surface area (Å²) in [4.78, 5) is 2.43. The van der Waals surface area contributed by atoms with Crippen molar-refractivity contribution in [2.45, 2.75) is 57.7 Å². The summed E-state index contributed by atoms with van der Waals surface area (Å²) in [6.45, 7) is 9.85. The van der Waals surface area contributed by atoms with E-state index >= 15 is 0 Å². The van der Waals surface area contributed by atoms with Crippen molar-refractivity contribution in [1.29, 1.82) is 0 Å². The van der Waals surface area contributed by atoms with E-state index in [9.17, 15) is 5.11 Å². The van der Waals surface area contributed by atoms with Crippen LogP contribution in [0.25, 0.3) is 0 Å². The van der Waals surface area contributed by atoms with Gasteiger partial charge in [0.25, 0.3) is 0 Å². The molecule has 100 valence electrons. The summed E-state index contributed by atoms with van der Waals surface area (Å²) in [5.74, 6) is 0.441. The first-order valence-corrected chi connectivity index (χ1v) is 6.89. The number of aliphatic hydroxyl groups excluding tert-OH is 1. The molecule has 1 aliphatic rings. The molecule has 1 fully saturated rings. The Labute approximate surface area is 111 Å². The van der Waals surface area contributed by atoms with Crippen LogP contribution >= 0.6 is 0 Å². The molecule has 2 rings (SSSR count). The Bertz CT molecular complexity index is 382. The molecule has 0 amide bonds. The van der Waals surface area contributed by atoms with Crippen LogP contribution in [0.5, 0.6) is 0 Å². The molecular formula is C16H25NO. The van der Waals surface area contributed by atoms with Gasteiger partial charge in [-0.15, -0.1) is 0 Å². The highest BCUT2D eigenvalue weighted by molar-refractivity contribution is 5.21. The van der Waals surface area contributed by atoms with Gasteiger partial charge in [-0.25, -0.2) is 0 Å². The van der Waals surface area contributed by atoms with E-state index in [1.54, 1.807) is 0 Å². The zero-order chi connectivity index (χ0) is 13.3. The van der Waals surface area contributed by atoms with Crippen LogP contribution in [0, 0.1) is 0 Å². The first-order chi connectivity index (χ1) is 8.39. The van der Waals surface area contributed by atoms with Gasteiger partial charge >= 0.3 is 0 Å². The Morgan fingerprint density at radius 1 is 1.17 bits per heavy atom. The van der Waals surface area contributed by atoms with Crippen molar-refractivity contribution in [3.63, 3.8) is 0 Å². The molecule has 0 spiro atoms. The third kappa shape index (κ3) is 2.76. The van der Waals surface area contributed by atoms with Crippen LogP contribution in [0.3, 0.4) is 0 Å². The van der Waals surface area contributed by atoms with Gasteiger partial charge in [0.2, 0.25) is 0 Å². The smallest absolute Gasteiger partial charge is 0.0699 e. The second kappa shape index (κ2) is 5.02. The van der Waals surface area contributed by atoms with Crippen LogP contribution in [-0.2, 0) is 0 Å². The highest BCUT2D eigenvalue weighted by Crippen LogP contribution is 2.34. The first kappa shape index (κ1) is 13.6.